The van der Waals surface area contributed by atoms with Crippen LogP contribution in [0.3, 0.4) is 0 Å². The van der Waals surface area contributed by atoms with Gasteiger partial charge >= 0.3 is 0 Å². The number of fused-ring (bicyclic) bond motifs is 1. The maximum absolute atomic E-state index is 12.1. The molecule has 0 saturated heterocycles. The summed E-state index contributed by atoms with van der Waals surface area (Å²) in [4.78, 5) is 15.4. The number of aromatic nitrogens is 1. The van der Waals surface area contributed by atoms with Crippen LogP contribution in [0.2, 0.25) is 0 Å². The van der Waals surface area contributed by atoms with E-state index in [2.05, 4.69) is 41.6 Å². The molecule has 0 saturated carbocycles. The van der Waals surface area contributed by atoms with Crippen molar-refractivity contribution < 1.29 is 4.79 Å². The zero-order valence-electron chi connectivity index (χ0n) is 22.9. The van der Waals surface area contributed by atoms with E-state index in [0.717, 1.165) is 19.4 Å². The van der Waals surface area contributed by atoms with Gasteiger partial charge in [0, 0.05) is 30.1 Å². The number of unbranched alkanes of at least 4 members (excludes halogenated alkanes) is 18. The van der Waals surface area contributed by atoms with Crippen LogP contribution in [0.25, 0.3) is 10.9 Å². The molecule has 1 amide bonds. The van der Waals surface area contributed by atoms with Crippen LogP contribution in [-0.4, -0.2) is 17.4 Å². The van der Waals surface area contributed by atoms with Crippen LogP contribution in [0.1, 0.15) is 141 Å². The molecule has 3 nitrogen and oxygen atoms in total. The van der Waals surface area contributed by atoms with Crippen molar-refractivity contribution in [1.29, 1.82) is 0 Å². The number of amides is 1. The molecule has 35 heavy (non-hydrogen) atoms. The van der Waals surface area contributed by atoms with E-state index in [0.29, 0.717) is 6.42 Å². The van der Waals surface area contributed by atoms with Crippen LogP contribution in [0.15, 0.2) is 30.5 Å². The molecule has 0 bridgehead atoms. The van der Waals surface area contributed by atoms with Crippen LogP contribution in [0, 0.1) is 0 Å². The number of H-pyrrole nitrogens is 1. The lowest BCUT2D eigenvalue weighted by molar-refractivity contribution is -0.121. The Kier molecular flexibility index (Phi) is 17.2. The first-order valence-corrected chi connectivity index (χ1v) is 15.1. The number of para-hydroxylation sites is 1. The number of benzene rings is 1. The van der Waals surface area contributed by atoms with Crippen molar-refractivity contribution in [2.45, 2.75) is 142 Å². The van der Waals surface area contributed by atoms with Gasteiger partial charge in [-0.1, -0.05) is 141 Å². The van der Waals surface area contributed by atoms with Crippen molar-refractivity contribution in [3.63, 3.8) is 0 Å². The zero-order chi connectivity index (χ0) is 24.8. The van der Waals surface area contributed by atoms with Gasteiger partial charge in [-0.05, 0) is 24.5 Å². The summed E-state index contributed by atoms with van der Waals surface area (Å²) in [5, 5.41) is 4.36. The molecule has 1 heterocycles. The van der Waals surface area contributed by atoms with Gasteiger partial charge in [0.25, 0.3) is 0 Å². The molecule has 0 unspecified atom stereocenters. The molecule has 0 spiro atoms. The number of aromatic amines is 1. The molecule has 0 fully saturated rings. The largest absolute Gasteiger partial charge is 0.361 e. The van der Waals surface area contributed by atoms with E-state index < -0.39 is 0 Å². The van der Waals surface area contributed by atoms with Gasteiger partial charge < -0.3 is 10.3 Å². The Balaban J connectivity index is 1.28. The second-order valence-electron chi connectivity index (χ2n) is 10.6. The average Bonchev–Trinajstić information content (AvgIpc) is 3.28. The highest BCUT2D eigenvalue weighted by Crippen LogP contribution is 2.18. The van der Waals surface area contributed by atoms with Gasteiger partial charge in [-0.25, -0.2) is 0 Å². The second kappa shape index (κ2) is 20.4. The Labute approximate surface area is 216 Å². The summed E-state index contributed by atoms with van der Waals surface area (Å²) >= 11 is 0. The first-order valence-electron chi connectivity index (χ1n) is 15.1. The third-order valence-corrected chi connectivity index (χ3v) is 7.40. The predicted octanol–water partition coefficient (Wildman–Crippen LogP) is 9.65. The van der Waals surface area contributed by atoms with Gasteiger partial charge in [-0.15, -0.1) is 0 Å². The molecule has 0 aliphatic carbocycles. The Morgan fingerprint density at radius 2 is 1.17 bits per heavy atom. The predicted molar refractivity (Wildman–Crippen MR) is 153 cm³/mol. The van der Waals surface area contributed by atoms with E-state index in [4.69, 9.17) is 0 Å². The van der Waals surface area contributed by atoms with Crippen LogP contribution < -0.4 is 5.32 Å². The molecule has 1 aromatic heterocycles. The third-order valence-electron chi connectivity index (χ3n) is 7.40. The van der Waals surface area contributed by atoms with Crippen LogP contribution in [0.4, 0.5) is 0 Å². The van der Waals surface area contributed by atoms with Crippen molar-refractivity contribution in [1.82, 2.24) is 10.3 Å². The van der Waals surface area contributed by atoms with Gasteiger partial charge in [-0.2, -0.15) is 0 Å². The lowest BCUT2D eigenvalue weighted by atomic mass is 10.0. The van der Waals surface area contributed by atoms with Gasteiger partial charge in [0.1, 0.15) is 0 Å². The highest BCUT2D eigenvalue weighted by molar-refractivity contribution is 5.83. The van der Waals surface area contributed by atoms with E-state index in [1.807, 2.05) is 6.07 Å². The average molecular weight is 483 g/mol. The molecule has 0 aliphatic rings. The van der Waals surface area contributed by atoms with Crippen LogP contribution in [0.5, 0.6) is 0 Å². The number of hydrogen-bond acceptors (Lipinski definition) is 1. The molecule has 2 aromatic rings. The van der Waals surface area contributed by atoms with Crippen molar-refractivity contribution in [2.75, 3.05) is 6.54 Å². The summed E-state index contributed by atoms with van der Waals surface area (Å²) in [6.45, 7) is 3.01. The minimum absolute atomic E-state index is 0.205. The van der Waals surface area contributed by atoms with Crippen molar-refractivity contribution in [3.8, 4) is 0 Å². The van der Waals surface area contributed by atoms with Crippen LogP contribution >= 0.6 is 0 Å². The number of rotatable bonds is 23. The van der Waals surface area contributed by atoms with Crippen molar-refractivity contribution in [3.05, 3.63) is 36.0 Å². The van der Waals surface area contributed by atoms with Gasteiger partial charge in [0.15, 0.2) is 0 Å². The Bertz CT molecular complexity index is 766. The minimum atomic E-state index is 0.205. The molecule has 2 rings (SSSR count). The summed E-state index contributed by atoms with van der Waals surface area (Å²) in [6, 6.07) is 8.35. The van der Waals surface area contributed by atoms with E-state index in [1.54, 1.807) is 0 Å². The molecule has 3 heteroatoms. The van der Waals surface area contributed by atoms with Crippen molar-refractivity contribution in [2.24, 2.45) is 0 Å². The first-order chi connectivity index (χ1) is 17.3. The summed E-state index contributed by atoms with van der Waals surface area (Å²) < 4.78 is 0. The Morgan fingerprint density at radius 1 is 0.686 bits per heavy atom. The molecule has 1 aromatic carbocycles. The number of carbonyl (C=O) groups is 1. The van der Waals surface area contributed by atoms with E-state index in [-0.39, 0.29) is 5.91 Å². The van der Waals surface area contributed by atoms with E-state index in [9.17, 15) is 4.79 Å². The minimum Gasteiger partial charge on any atom is -0.361 e. The smallest absolute Gasteiger partial charge is 0.220 e. The molecule has 0 aliphatic heterocycles. The standard InChI is InChI=1S/C32H54N2O/c1-2-3-4-5-6-7-8-9-10-11-12-13-14-15-16-17-18-19-20-25-32(35)33-27-26-29-28-34-31-24-22-21-23-30(29)31/h21-24,28,34H,2-20,25-27H2,1H3,(H,33,35). The molecule has 0 atom stereocenters. The molecular formula is C32H54N2O. The van der Waals surface area contributed by atoms with Crippen molar-refractivity contribution >= 4 is 16.8 Å². The highest BCUT2D eigenvalue weighted by Gasteiger charge is 2.05. The maximum atomic E-state index is 12.1. The monoisotopic (exact) mass is 482 g/mol. The zero-order valence-corrected chi connectivity index (χ0v) is 22.9. The normalized spacial score (nSPS) is 11.3. The lowest BCUT2D eigenvalue weighted by Crippen LogP contribution is -2.25. The Hall–Kier alpha value is -1.77. The summed E-state index contributed by atoms with van der Waals surface area (Å²) in [6.07, 6.45) is 29.9. The molecular weight excluding hydrogens is 428 g/mol. The lowest BCUT2D eigenvalue weighted by Gasteiger charge is -2.05. The molecule has 2 N–H and O–H groups in total. The third kappa shape index (κ3) is 14.4. The summed E-state index contributed by atoms with van der Waals surface area (Å²) in [5.41, 5.74) is 2.45. The first kappa shape index (κ1) is 29.5. The Morgan fingerprint density at radius 3 is 1.71 bits per heavy atom. The topological polar surface area (TPSA) is 44.9 Å². The van der Waals surface area contributed by atoms with Gasteiger partial charge in [0.2, 0.25) is 5.91 Å². The SMILES string of the molecule is CCCCCCCCCCCCCCCCCCCCCC(=O)NCCc1c[nH]c2ccccc12. The highest BCUT2D eigenvalue weighted by atomic mass is 16.1. The fourth-order valence-corrected chi connectivity index (χ4v) is 5.13. The number of hydrogen-bond donors (Lipinski definition) is 2. The molecule has 0 radical (unpaired) electrons. The summed E-state index contributed by atoms with van der Waals surface area (Å²) in [7, 11) is 0. The fourth-order valence-electron chi connectivity index (χ4n) is 5.13. The quantitative estimate of drug-likeness (QED) is 0.152. The number of carbonyl (C=O) groups excluding carboxylic acids is 1. The fraction of sp³-hybridized carbons (Fsp3) is 0.719. The van der Waals surface area contributed by atoms with Crippen LogP contribution in [-0.2, 0) is 11.2 Å². The van der Waals surface area contributed by atoms with Gasteiger partial charge in [0.05, 0.1) is 0 Å². The maximum Gasteiger partial charge on any atom is 0.220 e. The van der Waals surface area contributed by atoms with E-state index in [1.165, 1.54) is 132 Å². The summed E-state index contributed by atoms with van der Waals surface area (Å²) in [5.74, 6) is 0.205. The second-order valence-corrected chi connectivity index (χ2v) is 10.6. The van der Waals surface area contributed by atoms with Gasteiger partial charge in [-0.3, -0.25) is 4.79 Å². The number of nitrogens with one attached hydrogen (secondary N) is 2. The van der Waals surface area contributed by atoms with E-state index >= 15 is 0 Å². The molecule has 198 valence electrons.